The molecule has 0 fully saturated rings. The Kier molecular flexibility index (Phi) is 4.61. The Bertz CT molecular complexity index is 509. The van der Waals surface area contributed by atoms with Crippen LogP contribution in [-0.2, 0) is 9.88 Å². The molecule has 0 bridgehead atoms. The zero-order chi connectivity index (χ0) is 14.4. The molecule has 4 heteroatoms. The van der Waals surface area contributed by atoms with E-state index in [9.17, 15) is 0 Å². The molecule has 0 unspecified atom stereocenters. The quantitative estimate of drug-likeness (QED) is 0.654. The van der Waals surface area contributed by atoms with Crippen molar-refractivity contribution in [2.24, 2.45) is 0 Å². The van der Waals surface area contributed by atoms with Crippen LogP contribution in [0.1, 0.15) is 20.8 Å². The molecule has 0 saturated carbocycles. The molecule has 106 valence electrons. The second kappa shape index (κ2) is 6.41. The molecule has 0 aliphatic carbocycles. The zero-order valence-electron chi connectivity index (χ0n) is 12.0. The van der Waals surface area contributed by atoms with Gasteiger partial charge in [0.15, 0.2) is 0 Å². The van der Waals surface area contributed by atoms with E-state index in [1.54, 1.807) is 0 Å². The first-order valence-electron chi connectivity index (χ1n) is 6.57. The number of hydrazine groups is 1. The van der Waals surface area contributed by atoms with Gasteiger partial charge in [-0.25, -0.2) is 4.89 Å². The van der Waals surface area contributed by atoms with E-state index < -0.39 is 5.60 Å². The van der Waals surface area contributed by atoms with Crippen LogP contribution in [0, 0.1) is 0 Å². The summed E-state index contributed by atoms with van der Waals surface area (Å²) in [5.41, 5.74) is 4.52. The van der Waals surface area contributed by atoms with E-state index in [0.717, 1.165) is 11.4 Å². The van der Waals surface area contributed by atoms with Crippen LogP contribution < -0.4 is 10.6 Å². The molecule has 1 N–H and O–H groups in total. The van der Waals surface area contributed by atoms with Crippen molar-refractivity contribution < 1.29 is 9.88 Å². The minimum Gasteiger partial charge on any atom is -0.272 e. The predicted molar refractivity (Wildman–Crippen MR) is 80.9 cm³/mol. The minimum absolute atomic E-state index is 0.397. The van der Waals surface area contributed by atoms with E-state index in [1.165, 1.54) is 5.17 Å². The smallest absolute Gasteiger partial charge is 0.0978 e. The monoisotopic (exact) mass is 272 g/mol. The van der Waals surface area contributed by atoms with Crippen LogP contribution >= 0.6 is 0 Å². The highest BCUT2D eigenvalue weighted by atomic mass is 17.3. The molecule has 0 heterocycles. The summed E-state index contributed by atoms with van der Waals surface area (Å²) in [7, 11) is 0. The highest BCUT2D eigenvalue weighted by Crippen LogP contribution is 2.18. The molecular formula is C16H20N2O2. The number of benzene rings is 2. The summed E-state index contributed by atoms with van der Waals surface area (Å²) in [5, 5.41) is 1.50. The van der Waals surface area contributed by atoms with Crippen LogP contribution in [0.3, 0.4) is 0 Å². The summed E-state index contributed by atoms with van der Waals surface area (Å²) >= 11 is 0. The summed E-state index contributed by atoms with van der Waals surface area (Å²) in [6.45, 7) is 5.79. The Morgan fingerprint density at radius 2 is 1.40 bits per heavy atom. The summed E-state index contributed by atoms with van der Waals surface area (Å²) in [6, 6.07) is 19.5. The molecule has 0 atom stereocenters. The van der Waals surface area contributed by atoms with Crippen LogP contribution in [0.4, 0.5) is 11.4 Å². The van der Waals surface area contributed by atoms with Crippen LogP contribution in [0.2, 0.25) is 0 Å². The van der Waals surface area contributed by atoms with Crippen molar-refractivity contribution in [2.45, 2.75) is 26.4 Å². The topological polar surface area (TPSA) is 33.7 Å². The summed E-state index contributed by atoms with van der Waals surface area (Å²) in [5.74, 6) is 0. The van der Waals surface area contributed by atoms with Gasteiger partial charge in [0, 0.05) is 0 Å². The van der Waals surface area contributed by atoms with Crippen molar-refractivity contribution in [3.63, 3.8) is 0 Å². The lowest BCUT2D eigenvalue weighted by Gasteiger charge is -2.27. The maximum atomic E-state index is 5.42. The minimum atomic E-state index is -0.397. The number of para-hydroxylation sites is 2. The van der Waals surface area contributed by atoms with Gasteiger partial charge in [0.2, 0.25) is 0 Å². The molecule has 4 nitrogen and oxygen atoms in total. The van der Waals surface area contributed by atoms with Gasteiger partial charge >= 0.3 is 0 Å². The second-order valence-electron chi connectivity index (χ2n) is 5.38. The summed E-state index contributed by atoms with van der Waals surface area (Å²) in [4.78, 5) is 10.8. The molecule has 0 spiro atoms. The van der Waals surface area contributed by atoms with Gasteiger partial charge in [0.05, 0.1) is 17.0 Å². The molecule has 0 aliphatic heterocycles. The van der Waals surface area contributed by atoms with Gasteiger partial charge < -0.3 is 0 Å². The van der Waals surface area contributed by atoms with Crippen molar-refractivity contribution in [2.75, 3.05) is 10.6 Å². The van der Waals surface area contributed by atoms with Gasteiger partial charge in [-0.3, -0.25) is 5.43 Å². The largest absolute Gasteiger partial charge is 0.272 e. The van der Waals surface area contributed by atoms with Crippen molar-refractivity contribution >= 4 is 11.4 Å². The average molecular weight is 272 g/mol. The fraction of sp³-hybridized carbons (Fsp3) is 0.250. The molecule has 2 aromatic rings. The lowest BCUT2D eigenvalue weighted by molar-refractivity contribution is -0.353. The lowest BCUT2D eigenvalue weighted by atomic mass is 10.2. The standard InChI is InChI=1S/C16H20N2O2/c1-16(2,3)19-20-18(15-12-8-5-9-13-15)17-14-10-6-4-7-11-14/h4-13,17H,1-3H3. The third kappa shape index (κ3) is 4.57. The maximum absolute atomic E-state index is 5.42. The number of anilines is 2. The van der Waals surface area contributed by atoms with E-state index in [0.29, 0.717) is 0 Å². The van der Waals surface area contributed by atoms with E-state index in [4.69, 9.17) is 9.88 Å². The van der Waals surface area contributed by atoms with Gasteiger partial charge in [0.1, 0.15) is 0 Å². The highest BCUT2D eigenvalue weighted by molar-refractivity contribution is 5.52. The van der Waals surface area contributed by atoms with Crippen molar-refractivity contribution in [1.82, 2.24) is 0 Å². The second-order valence-corrected chi connectivity index (χ2v) is 5.38. The van der Waals surface area contributed by atoms with Crippen LogP contribution in [-0.4, -0.2) is 5.60 Å². The first-order chi connectivity index (χ1) is 9.54. The number of nitrogens with zero attached hydrogens (tertiary/aromatic N) is 1. The molecule has 2 aromatic carbocycles. The molecular weight excluding hydrogens is 252 g/mol. The van der Waals surface area contributed by atoms with Gasteiger partial charge in [-0.1, -0.05) is 41.4 Å². The zero-order valence-corrected chi connectivity index (χ0v) is 12.0. The first kappa shape index (κ1) is 14.4. The number of rotatable bonds is 5. The molecule has 0 amide bonds. The Morgan fingerprint density at radius 3 is 1.95 bits per heavy atom. The lowest BCUT2D eigenvalue weighted by Crippen LogP contribution is -2.34. The molecule has 0 saturated heterocycles. The normalized spacial score (nSPS) is 11.2. The van der Waals surface area contributed by atoms with Crippen molar-refractivity contribution in [3.05, 3.63) is 60.7 Å². The van der Waals surface area contributed by atoms with Crippen LogP contribution in [0.15, 0.2) is 60.7 Å². The van der Waals surface area contributed by atoms with Crippen molar-refractivity contribution in [1.29, 1.82) is 0 Å². The molecule has 20 heavy (non-hydrogen) atoms. The fourth-order valence-electron chi connectivity index (χ4n) is 1.47. The SMILES string of the molecule is CC(C)(C)OON(Nc1ccccc1)c1ccccc1. The van der Waals surface area contributed by atoms with E-state index in [-0.39, 0.29) is 0 Å². The fourth-order valence-corrected chi connectivity index (χ4v) is 1.47. The predicted octanol–water partition coefficient (Wildman–Crippen LogP) is 4.18. The molecule has 0 aliphatic rings. The molecule has 0 aromatic heterocycles. The Morgan fingerprint density at radius 1 is 0.850 bits per heavy atom. The van der Waals surface area contributed by atoms with Crippen LogP contribution in [0.25, 0.3) is 0 Å². The Labute approximate surface area is 119 Å². The van der Waals surface area contributed by atoms with E-state index in [2.05, 4.69) is 5.43 Å². The van der Waals surface area contributed by atoms with Crippen molar-refractivity contribution in [3.8, 4) is 0 Å². The highest BCUT2D eigenvalue weighted by Gasteiger charge is 2.16. The first-order valence-corrected chi connectivity index (χ1v) is 6.57. The summed E-state index contributed by atoms with van der Waals surface area (Å²) in [6.07, 6.45) is 0. The van der Waals surface area contributed by atoms with Gasteiger partial charge in [0.25, 0.3) is 0 Å². The van der Waals surface area contributed by atoms with Crippen LogP contribution in [0.5, 0.6) is 0 Å². The summed E-state index contributed by atoms with van der Waals surface area (Å²) < 4.78 is 0. The number of hydrogen-bond donors (Lipinski definition) is 1. The number of hydrogen-bond acceptors (Lipinski definition) is 4. The van der Waals surface area contributed by atoms with Gasteiger partial charge in [-0.2, -0.15) is 0 Å². The Hall–Kier alpha value is -2.04. The maximum Gasteiger partial charge on any atom is 0.0978 e. The third-order valence-corrected chi connectivity index (χ3v) is 2.36. The van der Waals surface area contributed by atoms with Gasteiger partial charge in [-0.15, -0.1) is 5.17 Å². The van der Waals surface area contributed by atoms with Gasteiger partial charge in [-0.05, 0) is 45.0 Å². The molecule has 0 radical (unpaired) electrons. The number of nitrogens with one attached hydrogen (secondary N) is 1. The van der Waals surface area contributed by atoms with E-state index >= 15 is 0 Å². The Balaban J connectivity index is 2.12. The average Bonchev–Trinajstić information content (AvgIpc) is 2.44. The molecule has 2 rings (SSSR count). The van der Waals surface area contributed by atoms with E-state index in [1.807, 2.05) is 81.4 Å². The third-order valence-electron chi connectivity index (χ3n) is 2.36.